The first-order valence-corrected chi connectivity index (χ1v) is 5.92. The van der Waals surface area contributed by atoms with Crippen molar-refractivity contribution >= 4 is 5.69 Å². The highest BCUT2D eigenvalue weighted by Crippen LogP contribution is 2.21. The second-order valence-electron chi connectivity index (χ2n) is 4.33. The smallest absolute Gasteiger partial charge is 0.128 e. The van der Waals surface area contributed by atoms with E-state index in [1.807, 2.05) is 25.1 Å². The van der Waals surface area contributed by atoms with E-state index >= 15 is 0 Å². The van der Waals surface area contributed by atoms with Crippen molar-refractivity contribution in [2.75, 3.05) is 12.4 Å². The van der Waals surface area contributed by atoms with E-state index < -0.39 is 11.6 Å². The third-order valence-electron chi connectivity index (χ3n) is 2.78. The Hall–Kier alpha value is -2.10. The lowest BCUT2D eigenvalue weighted by atomic mass is 10.1. The Morgan fingerprint density at radius 3 is 2.37 bits per heavy atom. The molecule has 1 N–H and O–H groups in total. The first kappa shape index (κ1) is 13.3. The molecule has 2 nitrogen and oxygen atoms in total. The molecule has 0 amide bonds. The summed E-state index contributed by atoms with van der Waals surface area (Å²) in [5.74, 6) is -0.451. The number of hydrogen-bond acceptors (Lipinski definition) is 2. The summed E-state index contributed by atoms with van der Waals surface area (Å²) in [4.78, 5) is 0. The van der Waals surface area contributed by atoms with Gasteiger partial charge in [0.2, 0.25) is 0 Å². The van der Waals surface area contributed by atoms with Gasteiger partial charge in [-0.15, -0.1) is 0 Å². The molecule has 0 saturated carbocycles. The first-order valence-electron chi connectivity index (χ1n) is 5.92. The van der Waals surface area contributed by atoms with Gasteiger partial charge in [0.15, 0.2) is 0 Å². The van der Waals surface area contributed by atoms with Gasteiger partial charge in [-0.2, -0.15) is 0 Å². The molecule has 0 radical (unpaired) electrons. The van der Waals surface area contributed by atoms with Crippen molar-refractivity contribution < 1.29 is 13.5 Å². The average Bonchev–Trinajstić information content (AvgIpc) is 2.35. The molecule has 100 valence electrons. The molecule has 2 rings (SSSR count). The summed E-state index contributed by atoms with van der Waals surface area (Å²) in [5.41, 5.74) is 2.44. The second-order valence-corrected chi connectivity index (χ2v) is 4.33. The quantitative estimate of drug-likeness (QED) is 0.903. The maximum Gasteiger partial charge on any atom is 0.128 e. The van der Waals surface area contributed by atoms with Crippen LogP contribution in [0.5, 0.6) is 5.75 Å². The summed E-state index contributed by atoms with van der Waals surface area (Å²) in [6.45, 7) is 2.42. The van der Waals surface area contributed by atoms with Crippen LogP contribution in [0.25, 0.3) is 0 Å². The lowest BCUT2D eigenvalue weighted by Crippen LogP contribution is -2.02. The van der Waals surface area contributed by atoms with Gasteiger partial charge in [-0.3, -0.25) is 0 Å². The maximum absolute atomic E-state index is 13.1. The molecule has 0 unspecified atom stereocenters. The Kier molecular flexibility index (Phi) is 4.00. The van der Waals surface area contributed by atoms with Gasteiger partial charge in [-0.1, -0.05) is 17.7 Å². The molecule has 0 aliphatic heterocycles. The molecule has 0 aliphatic rings. The van der Waals surface area contributed by atoms with E-state index in [0.29, 0.717) is 12.2 Å². The van der Waals surface area contributed by atoms with Crippen LogP contribution in [0.4, 0.5) is 14.5 Å². The van der Waals surface area contributed by atoms with Crippen LogP contribution in [0.1, 0.15) is 11.1 Å². The van der Waals surface area contributed by atoms with Gasteiger partial charge in [-0.05, 0) is 25.1 Å². The van der Waals surface area contributed by atoms with Crippen molar-refractivity contribution in [1.82, 2.24) is 0 Å². The Bertz CT molecular complexity index is 564. The fourth-order valence-electron chi connectivity index (χ4n) is 1.90. The number of benzene rings is 2. The van der Waals surface area contributed by atoms with E-state index in [9.17, 15) is 8.78 Å². The number of halogens is 2. The molecule has 0 fully saturated rings. The van der Waals surface area contributed by atoms with Crippen LogP contribution in [-0.4, -0.2) is 7.11 Å². The molecule has 0 atom stereocenters. The lowest BCUT2D eigenvalue weighted by Gasteiger charge is -2.11. The van der Waals surface area contributed by atoms with Gasteiger partial charge in [0, 0.05) is 23.9 Å². The Morgan fingerprint density at radius 1 is 1.05 bits per heavy atom. The monoisotopic (exact) mass is 263 g/mol. The zero-order valence-corrected chi connectivity index (χ0v) is 10.8. The van der Waals surface area contributed by atoms with E-state index in [0.717, 1.165) is 22.9 Å². The minimum absolute atomic E-state index is 0.404. The minimum atomic E-state index is -0.598. The summed E-state index contributed by atoms with van der Waals surface area (Å²) in [6.07, 6.45) is 0. The molecule has 4 heteroatoms. The fourth-order valence-corrected chi connectivity index (χ4v) is 1.90. The number of hydrogen-bond donors (Lipinski definition) is 1. The van der Waals surface area contributed by atoms with Gasteiger partial charge < -0.3 is 10.1 Å². The van der Waals surface area contributed by atoms with Crippen LogP contribution in [0.2, 0.25) is 0 Å². The summed E-state index contributed by atoms with van der Waals surface area (Å²) >= 11 is 0. The predicted molar refractivity (Wildman–Crippen MR) is 71.4 cm³/mol. The van der Waals surface area contributed by atoms with Crippen LogP contribution in [0, 0.1) is 18.6 Å². The van der Waals surface area contributed by atoms with Gasteiger partial charge in [0.05, 0.1) is 7.11 Å². The van der Waals surface area contributed by atoms with Crippen molar-refractivity contribution in [2.24, 2.45) is 0 Å². The van der Waals surface area contributed by atoms with Crippen LogP contribution in [0.3, 0.4) is 0 Å². The van der Waals surface area contributed by atoms with Crippen molar-refractivity contribution in [3.63, 3.8) is 0 Å². The van der Waals surface area contributed by atoms with E-state index in [-0.39, 0.29) is 0 Å². The molecule has 0 aromatic heterocycles. The highest BCUT2D eigenvalue weighted by Gasteiger charge is 2.04. The second kappa shape index (κ2) is 5.69. The first-order chi connectivity index (χ1) is 9.08. The van der Waals surface area contributed by atoms with Gasteiger partial charge in [0.25, 0.3) is 0 Å². The summed E-state index contributed by atoms with van der Waals surface area (Å²) in [6, 6.07) is 9.15. The largest absolute Gasteiger partial charge is 0.496 e. The predicted octanol–water partition coefficient (Wildman–Crippen LogP) is 3.89. The highest BCUT2D eigenvalue weighted by molar-refractivity contribution is 5.46. The molecule has 0 spiro atoms. The van der Waals surface area contributed by atoms with Crippen molar-refractivity contribution in [1.29, 1.82) is 0 Å². The van der Waals surface area contributed by atoms with E-state index in [1.54, 1.807) is 7.11 Å². The third kappa shape index (κ3) is 3.44. The van der Waals surface area contributed by atoms with E-state index in [2.05, 4.69) is 5.32 Å². The number of nitrogens with one attached hydrogen (secondary N) is 1. The maximum atomic E-state index is 13.1. The number of rotatable bonds is 4. The molecule has 0 saturated heterocycles. The molecule has 2 aromatic rings. The SMILES string of the molecule is COc1ccc(C)cc1CNc1cc(F)cc(F)c1. The van der Waals surface area contributed by atoms with Crippen LogP contribution in [0.15, 0.2) is 36.4 Å². The van der Waals surface area contributed by atoms with Crippen molar-refractivity contribution in [3.05, 3.63) is 59.2 Å². The van der Waals surface area contributed by atoms with E-state index in [4.69, 9.17) is 4.74 Å². The Morgan fingerprint density at radius 2 is 1.74 bits per heavy atom. The molecule has 2 aromatic carbocycles. The molecular weight excluding hydrogens is 248 g/mol. The Balaban J connectivity index is 2.16. The van der Waals surface area contributed by atoms with Crippen LogP contribution in [-0.2, 0) is 6.54 Å². The van der Waals surface area contributed by atoms with Crippen molar-refractivity contribution in [2.45, 2.75) is 13.5 Å². The molecule has 0 heterocycles. The zero-order chi connectivity index (χ0) is 13.8. The number of methoxy groups -OCH3 is 1. The fraction of sp³-hybridized carbons (Fsp3) is 0.200. The number of aryl methyl sites for hydroxylation is 1. The topological polar surface area (TPSA) is 21.3 Å². The van der Waals surface area contributed by atoms with Gasteiger partial charge >= 0.3 is 0 Å². The summed E-state index contributed by atoms with van der Waals surface area (Å²) in [7, 11) is 1.59. The van der Waals surface area contributed by atoms with Crippen LogP contribution < -0.4 is 10.1 Å². The highest BCUT2D eigenvalue weighted by atomic mass is 19.1. The summed E-state index contributed by atoms with van der Waals surface area (Å²) < 4.78 is 31.4. The molecule has 0 bridgehead atoms. The lowest BCUT2D eigenvalue weighted by molar-refractivity contribution is 0.410. The molecule has 19 heavy (non-hydrogen) atoms. The molecular formula is C15H15F2NO. The number of anilines is 1. The Labute approximate surface area is 111 Å². The third-order valence-corrected chi connectivity index (χ3v) is 2.78. The summed E-state index contributed by atoms with van der Waals surface area (Å²) in [5, 5.41) is 2.98. The average molecular weight is 263 g/mol. The van der Waals surface area contributed by atoms with Crippen molar-refractivity contribution in [3.8, 4) is 5.75 Å². The minimum Gasteiger partial charge on any atom is -0.496 e. The van der Waals surface area contributed by atoms with Gasteiger partial charge in [-0.25, -0.2) is 8.78 Å². The normalized spacial score (nSPS) is 10.3. The van der Waals surface area contributed by atoms with E-state index in [1.165, 1.54) is 12.1 Å². The zero-order valence-electron chi connectivity index (χ0n) is 10.8. The standard InChI is InChI=1S/C15H15F2NO/c1-10-3-4-15(19-2)11(5-10)9-18-14-7-12(16)6-13(17)8-14/h3-8,18H,9H2,1-2H3. The molecule has 0 aliphatic carbocycles. The number of ether oxygens (including phenoxy) is 1. The van der Waals surface area contributed by atoms with Crippen LogP contribution >= 0.6 is 0 Å². The van der Waals surface area contributed by atoms with Gasteiger partial charge in [0.1, 0.15) is 17.4 Å².